The lowest BCUT2D eigenvalue weighted by atomic mass is 10.1. The van der Waals surface area contributed by atoms with E-state index in [1.165, 1.54) is 12.1 Å². The third-order valence-corrected chi connectivity index (χ3v) is 2.61. The zero-order valence-corrected chi connectivity index (χ0v) is 10.1. The van der Waals surface area contributed by atoms with Crippen LogP contribution in [-0.4, -0.2) is 0 Å². The number of rotatable bonds is 3. The van der Waals surface area contributed by atoms with Crippen molar-refractivity contribution in [3.8, 4) is 0 Å². The Morgan fingerprint density at radius 1 is 0.842 bits per heavy atom. The molecule has 0 amide bonds. The van der Waals surface area contributed by atoms with Crippen molar-refractivity contribution < 1.29 is 17.6 Å². The number of halogens is 4. The molecule has 0 aliphatic rings. The molecule has 0 fully saturated rings. The van der Waals surface area contributed by atoms with Gasteiger partial charge in [-0.15, -0.1) is 0 Å². The molecule has 0 spiro atoms. The topological polar surface area (TPSA) is 12.0 Å². The lowest BCUT2D eigenvalue weighted by molar-refractivity contribution is 0.490. The summed E-state index contributed by atoms with van der Waals surface area (Å²) in [6, 6.07) is 5.53. The second-order valence-corrected chi connectivity index (χ2v) is 4.23. The molecule has 2 aromatic rings. The number of nitrogens with one attached hydrogen (secondary N) is 1. The van der Waals surface area contributed by atoms with Gasteiger partial charge in [0.25, 0.3) is 0 Å². The molecule has 0 radical (unpaired) electrons. The normalized spacial score (nSPS) is 10.6. The molecule has 1 N–H and O–H groups in total. The van der Waals surface area contributed by atoms with Crippen LogP contribution in [0.1, 0.15) is 11.1 Å². The van der Waals surface area contributed by atoms with Crippen LogP contribution >= 0.6 is 0 Å². The van der Waals surface area contributed by atoms with E-state index in [-0.39, 0.29) is 12.1 Å². The van der Waals surface area contributed by atoms with Gasteiger partial charge in [-0.3, -0.25) is 0 Å². The average molecular weight is 269 g/mol. The summed E-state index contributed by atoms with van der Waals surface area (Å²) in [7, 11) is 0. The molecule has 0 bridgehead atoms. The minimum Gasteiger partial charge on any atom is -0.381 e. The summed E-state index contributed by atoms with van der Waals surface area (Å²) in [4.78, 5) is 0. The number of aryl methyl sites for hydroxylation is 1. The molecule has 0 saturated heterocycles. The van der Waals surface area contributed by atoms with E-state index in [2.05, 4.69) is 5.32 Å². The lowest BCUT2D eigenvalue weighted by Gasteiger charge is -2.09. The fourth-order valence-electron chi connectivity index (χ4n) is 1.73. The maximum Gasteiger partial charge on any atom is 0.161 e. The van der Waals surface area contributed by atoms with Crippen molar-refractivity contribution in [1.29, 1.82) is 0 Å². The van der Waals surface area contributed by atoms with Gasteiger partial charge in [0.05, 0.1) is 0 Å². The van der Waals surface area contributed by atoms with E-state index in [0.29, 0.717) is 17.3 Å². The standard InChI is InChI=1S/C14H11F4N/c1-8-2-10(15)5-11(3-8)19-7-9-4-13(17)14(18)6-12(9)16/h2-6,19H,7H2,1H3. The van der Waals surface area contributed by atoms with Gasteiger partial charge in [-0.25, -0.2) is 17.6 Å². The highest BCUT2D eigenvalue weighted by atomic mass is 19.2. The van der Waals surface area contributed by atoms with E-state index in [1.54, 1.807) is 13.0 Å². The fraction of sp³-hybridized carbons (Fsp3) is 0.143. The van der Waals surface area contributed by atoms with Gasteiger partial charge in [0.15, 0.2) is 11.6 Å². The van der Waals surface area contributed by atoms with Crippen molar-refractivity contribution in [3.63, 3.8) is 0 Å². The fourth-order valence-corrected chi connectivity index (χ4v) is 1.73. The maximum absolute atomic E-state index is 13.4. The number of hydrogen-bond acceptors (Lipinski definition) is 1. The molecule has 0 aliphatic carbocycles. The average Bonchev–Trinajstić information content (AvgIpc) is 2.31. The Bertz CT molecular complexity index is 590. The predicted octanol–water partition coefficient (Wildman–Crippen LogP) is 4.16. The predicted molar refractivity (Wildman–Crippen MR) is 64.8 cm³/mol. The van der Waals surface area contributed by atoms with Gasteiger partial charge in [-0.05, 0) is 36.8 Å². The highest BCUT2D eigenvalue weighted by Crippen LogP contribution is 2.17. The van der Waals surface area contributed by atoms with E-state index < -0.39 is 23.3 Å². The van der Waals surface area contributed by atoms with Crippen LogP contribution < -0.4 is 5.32 Å². The zero-order valence-electron chi connectivity index (χ0n) is 10.1. The first-order valence-corrected chi connectivity index (χ1v) is 5.60. The molecule has 0 atom stereocenters. The van der Waals surface area contributed by atoms with Crippen LogP contribution in [0.3, 0.4) is 0 Å². The summed E-state index contributed by atoms with van der Waals surface area (Å²) >= 11 is 0. The first kappa shape index (κ1) is 13.4. The first-order valence-electron chi connectivity index (χ1n) is 5.60. The van der Waals surface area contributed by atoms with Crippen molar-refractivity contribution in [3.05, 3.63) is 64.7 Å². The van der Waals surface area contributed by atoms with Crippen LogP contribution in [0.2, 0.25) is 0 Å². The van der Waals surface area contributed by atoms with Gasteiger partial charge < -0.3 is 5.32 Å². The van der Waals surface area contributed by atoms with Gasteiger partial charge in [0, 0.05) is 23.9 Å². The molecule has 19 heavy (non-hydrogen) atoms. The smallest absolute Gasteiger partial charge is 0.161 e. The largest absolute Gasteiger partial charge is 0.381 e. The van der Waals surface area contributed by atoms with E-state index >= 15 is 0 Å². The summed E-state index contributed by atoms with van der Waals surface area (Å²) < 4.78 is 52.2. The molecular formula is C14H11F4N. The van der Waals surface area contributed by atoms with Crippen molar-refractivity contribution in [1.82, 2.24) is 0 Å². The molecule has 2 rings (SSSR count). The van der Waals surface area contributed by atoms with E-state index in [1.807, 2.05) is 0 Å². The molecular weight excluding hydrogens is 258 g/mol. The molecule has 0 unspecified atom stereocenters. The summed E-state index contributed by atoms with van der Waals surface area (Å²) in [6.45, 7) is 1.65. The highest BCUT2D eigenvalue weighted by Gasteiger charge is 2.09. The van der Waals surface area contributed by atoms with Crippen LogP contribution in [0.5, 0.6) is 0 Å². The van der Waals surface area contributed by atoms with E-state index in [9.17, 15) is 17.6 Å². The van der Waals surface area contributed by atoms with Crippen molar-refractivity contribution in [2.24, 2.45) is 0 Å². The summed E-state index contributed by atoms with van der Waals surface area (Å²) in [6.07, 6.45) is 0. The summed E-state index contributed by atoms with van der Waals surface area (Å²) in [5.74, 6) is -3.62. The molecule has 0 aromatic heterocycles. The summed E-state index contributed by atoms with van der Waals surface area (Å²) in [5, 5.41) is 2.76. The van der Waals surface area contributed by atoms with Crippen LogP contribution in [0, 0.1) is 30.2 Å². The highest BCUT2D eigenvalue weighted by molar-refractivity contribution is 5.46. The Morgan fingerprint density at radius 3 is 2.21 bits per heavy atom. The quantitative estimate of drug-likeness (QED) is 0.651. The molecule has 0 heterocycles. The van der Waals surface area contributed by atoms with Crippen LogP contribution in [0.15, 0.2) is 30.3 Å². The molecule has 1 nitrogen and oxygen atoms in total. The Morgan fingerprint density at radius 2 is 1.53 bits per heavy atom. The van der Waals surface area contributed by atoms with Gasteiger partial charge in [-0.1, -0.05) is 0 Å². The third kappa shape index (κ3) is 3.24. The minimum atomic E-state index is -1.23. The zero-order chi connectivity index (χ0) is 14.0. The molecule has 2 aromatic carbocycles. The van der Waals surface area contributed by atoms with Gasteiger partial charge in [-0.2, -0.15) is 0 Å². The monoisotopic (exact) mass is 269 g/mol. The van der Waals surface area contributed by atoms with Crippen molar-refractivity contribution in [2.75, 3.05) is 5.32 Å². The van der Waals surface area contributed by atoms with Gasteiger partial charge in [0.2, 0.25) is 0 Å². The van der Waals surface area contributed by atoms with Crippen molar-refractivity contribution in [2.45, 2.75) is 13.5 Å². The first-order chi connectivity index (χ1) is 8.95. The molecule has 0 aliphatic heterocycles. The van der Waals surface area contributed by atoms with E-state index in [0.717, 1.165) is 6.07 Å². The van der Waals surface area contributed by atoms with Crippen LogP contribution in [0.4, 0.5) is 23.2 Å². The number of benzene rings is 2. The summed E-state index contributed by atoms with van der Waals surface area (Å²) in [5.41, 5.74) is 1.12. The Labute approximate surface area is 107 Å². The van der Waals surface area contributed by atoms with Crippen LogP contribution in [-0.2, 0) is 6.54 Å². The van der Waals surface area contributed by atoms with Crippen LogP contribution in [0.25, 0.3) is 0 Å². The SMILES string of the molecule is Cc1cc(F)cc(NCc2cc(F)c(F)cc2F)c1. The number of hydrogen-bond donors (Lipinski definition) is 1. The van der Waals surface area contributed by atoms with Crippen molar-refractivity contribution >= 4 is 5.69 Å². The van der Waals surface area contributed by atoms with Gasteiger partial charge >= 0.3 is 0 Å². The molecule has 0 saturated carbocycles. The van der Waals surface area contributed by atoms with E-state index in [4.69, 9.17) is 0 Å². The number of anilines is 1. The second kappa shape index (κ2) is 5.30. The third-order valence-electron chi connectivity index (χ3n) is 2.61. The molecule has 100 valence electrons. The molecule has 5 heteroatoms. The Hall–Kier alpha value is -2.04. The minimum absolute atomic E-state index is 0.0270. The second-order valence-electron chi connectivity index (χ2n) is 4.23. The Balaban J connectivity index is 2.16. The van der Waals surface area contributed by atoms with Gasteiger partial charge in [0.1, 0.15) is 11.6 Å². The lowest BCUT2D eigenvalue weighted by Crippen LogP contribution is -2.04. The maximum atomic E-state index is 13.4. The Kier molecular flexibility index (Phi) is 3.74.